The molecule has 0 aromatic heterocycles. The smallest absolute Gasteiger partial charge is 0.323 e. The molecule has 146 valence electrons. The monoisotopic (exact) mass is 376 g/mol. The summed E-state index contributed by atoms with van der Waals surface area (Å²) in [6.45, 7) is 8.17. The van der Waals surface area contributed by atoms with Crippen molar-refractivity contribution in [2.75, 3.05) is 25.4 Å². The number of hydrogen-bond acceptors (Lipinski definition) is 4. The Morgan fingerprint density at radius 1 is 1.20 bits per heavy atom. The van der Waals surface area contributed by atoms with Crippen LogP contribution in [0.3, 0.4) is 0 Å². The van der Waals surface area contributed by atoms with E-state index >= 15 is 0 Å². The standard InChI is InChI=1S/C17H32N2O5S/c1-5-25(23,24)18-8-6-15(7-9-18)19(12-17(21)22)16(20)11-14(4)10-13(2)3/h13-15H,5-12H2,1-4H3,(H,21,22). The maximum atomic E-state index is 12.6. The molecule has 1 atom stereocenters. The van der Waals surface area contributed by atoms with Crippen molar-refractivity contribution in [1.82, 2.24) is 9.21 Å². The van der Waals surface area contributed by atoms with Gasteiger partial charge < -0.3 is 10.0 Å². The summed E-state index contributed by atoms with van der Waals surface area (Å²) in [7, 11) is -3.23. The average molecular weight is 377 g/mol. The number of nitrogens with zero attached hydrogens (tertiary/aromatic N) is 2. The first-order chi connectivity index (χ1) is 11.6. The minimum absolute atomic E-state index is 0.0577. The molecule has 0 radical (unpaired) electrons. The van der Waals surface area contributed by atoms with Gasteiger partial charge in [-0.15, -0.1) is 0 Å². The van der Waals surface area contributed by atoms with Crippen molar-refractivity contribution < 1.29 is 23.1 Å². The molecule has 1 saturated heterocycles. The molecule has 1 unspecified atom stereocenters. The summed E-state index contributed by atoms with van der Waals surface area (Å²) in [5.41, 5.74) is 0. The minimum atomic E-state index is -3.23. The number of carboxylic acids is 1. The molecule has 7 nitrogen and oxygen atoms in total. The minimum Gasteiger partial charge on any atom is -0.480 e. The highest BCUT2D eigenvalue weighted by molar-refractivity contribution is 7.89. The zero-order chi connectivity index (χ0) is 19.2. The topological polar surface area (TPSA) is 95.0 Å². The Hall–Kier alpha value is -1.15. The van der Waals surface area contributed by atoms with Crippen LogP contribution in [-0.4, -0.2) is 66.0 Å². The summed E-state index contributed by atoms with van der Waals surface area (Å²) in [6, 6.07) is -0.210. The number of aliphatic carboxylic acids is 1. The largest absolute Gasteiger partial charge is 0.480 e. The number of carboxylic acid groups (broad SMARTS) is 1. The van der Waals surface area contributed by atoms with E-state index in [-0.39, 0.29) is 30.2 Å². The molecule has 1 aliphatic heterocycles. The number of sulfonamides is 1. The SMILES string of the molecule is CCS(=O)(=O)N1CCC(N(CC(=O)O)C(=O)CC(C)CC(C)C)CC1. The molecular weight excluding hydrogens is 344 g/mol. The van der Waals surface area contributed by atoms with Crippen molar-refractivity contribution in [3.63, 3.8) is 0 Å². The zero-order valence-corrected chi connectivity index (χ0v) is 16.6. The van der Waals surface area contributed by atoms with E-state index in [1.54, 1.807) is 6.92 Å². The fourth-order valence-corrected chi connectivity index (χ4v) is 4.62. The first-order valence-corrected chi connectivity index (χ1v) is 10.7. The lowest BCUT2D eigenvalue weighted by Gasteiger charge is -2.37. The lowest BCUT2D eigenvalue weighted by molar-refractivity contribution is -0.147. The zero-order valence-electron chi connectivity index (χ0n) is 15.8. The summed E-state index contributed by atoms with van der Waals surface area (Å²) in [4.78, 5) is 25.3. The van der Waals surface area contributed by atoms with Gasteiger partial charge in [0.1, 0.15) is 6.54 Å². The molecule has 0 spiro atoms. The number of carbonyl (C=O) groups excluding carboxylic acids is 1. The van der Waals surface area contributed by atoms with E-state index in [1.165, 1.54) is 9.21 Å². The Morgan fingerprint density at radius 3 is 2.20 bits per heavy atom. The van der Waals surface area contributed by atoms with Gasteiger partial charge in [0.25, 0.3) is 0 Å². The molecule has 25 heavy (non-hydrogen) atoms. The highest BCUT2D eigenvalue weighted by atomic mass is 32.2. The van der Waals surface area contributed by atoms with Crippen LogP contribution >= 0.6 is 0 Å². The molecule has 8 heteroatoms. The second kappa shape index (κ2) is 9.52. The second-order valence-electron chi connectivity index (χ2n) is 7.39. The lowest BCUT2D eigenvalue weighted by atomic mass is 9.94. The molecular formula is C17H32N2O5S. The van der Waals surface area contributed by atoms with E-state index in [0.29, 0.717) is 38.3 Å². The number of rotatable bonds is 9. The quantitative estimate of drug-likeness (QED) is 0.662. The maximum absolute atomic E-state index is 12.6. The summed E-state index contributed by atoms with van der Waals surface area (Å²) < 4.78 is 25.3. The van der Waals surface area contributed by atoms with Crippen LogP contribution < -0.4 is 0 Å². The highest BCUT2D eigenvalue weighted by Gasteiger charge is 2.33. The van der Waals surface area contributed by atoms with Crippen molar-refractivity contribution in [2.45, 2.75) is 59.4 Å². The molecule has 1 amide bonds. The van der Waals surface area contributed by atoms with E-state index < -0.39 is 16.0 Å². The fourth-order valence-electron chi connectivity index (χ4n) is 3.48. The van der Waals surface area contributed by atoms with Crippen LogP contribution in [0.5, 0.6) is 0 Å². The van der Waals surface area contributed by atoms with Crippen molar-refractivity contribution in [3.05, 3.63) is 0 Å². The van der Waals surface area contributed by atoms with Crippen molar-refractivity contribution in [1.29, 1.82) is 0 Å². The number of amides is 1. The highest BCUT2D eigenvalue weighted by Crippen LogP contribution is 2.22. The van der Waals surface area contributed by atoms with Gasteiger partial charge in [0.2, 0.25) is 15.9 Å². The van der Waals surface area contributed by atoms with Gasteiger partial charge in [-0.3, -0.25) is 9.59 Å². The summed E-state index contributed by atoms with van der Waals surface area (Å²) in [5, 5.41) is 9.16. The van der Waals surface area contributed by atoms with E-state index in [9.17, 15) is 18.0 Å². The van der Waals surface area contributed by atoms with E-state index in [4.69, 9.17) is 5.11 Å². The molecule has 0 bridgehead atoms. The van der Waals surface area contributed by atoms with Crippen molar-refractivity contribution in [3.8, 4) is 0 Å². The molecule has 1 N–H and O–H groups in total. The third-order valence-electron chi connectivity index (χ3n) is 4.65. The van der Waals surface area contributed by atoms with Crippen LogP contribution in [0, 0.1) is 11.8 Å². The molecule has 1 heterocycles. The van der Waals surface area contributed by atoms with Gasteiger partial charge in [0, 0.05) is 25.6 Å². The Bertz CT molecular complexity index is 553. The summed E-state index contributed by atoms with van der Waals surface area (Å²) in [6.07, 6.45) is 2.21. The molecule has 0 saturated carbocycles. The fraction of sp³-hybridized carbons (Fsp3) is 0.882. The van der Waals surface area contributed by atoms with E-state index in [0.717, 1.165) is 6.42 Å². The molecule has 1 fully saturated rings. The maximum Gasteiger partial charge on any atom is 0.323 e. The molecule has 1 aliphatic rings. The van der Waals surface area contributed by atoms with Gasteiger partial charge in [-0.25, -0.2) is 12.7 Å². The van der Waals surface area contributed by atoms with Crippen molar-refractivity contribution in [2.24, 2.45) is 11.8 Å². The predicted octanol–water partition coefficient (Wildman–Crippen LogP) is 1.79. The van der Waals surface area contributed by atoms with Crippen LogP contribution in [0.1, 0.15) is 53.4 Å². The predicted molar refractivity (Wildman–Crippen MR) is 96.6 cm³/mol. The first-order valence-electron chi connectivity index (χ1n) is 9.05. The number of carbonyl (C=O) groups is 2. The van der Waals surface area contributed by atoms with Crippen LogP contribution in [0.25, 0.3) is 0 Å². The molecule has 1 rings (SSSR count). The lowest BCUT2D eigenvalue weighted by Crippen LogP contribution is -2.50. The molecule has 0 aromatic rings. The Labute approximate surface area is 151 Å². The first kappa shape index (κ1) is 21.9. The van der Waals surface area contributed by atoms with Crippen molar-refractivity contribution >= 4 is 21.9 Å². The average Bonchev–Trinajstić information content (AvgIpc) is 2.51. The van der Waals surface area contributed by atoms with Gasteiger partial charge in [0.05, 0.1) is 5.75 Å². The second-order valence-corrected chi connectivity index (χ2v) is 9.64. The number of hydrogen-bond donors (Lipinski definition) is 1. The Morgan fingerprint density at radius 2 is 1.76 bits per heavy atom. The van der Waals surface area contributed by atoms with Crippen LogP contribution in [-0.2, 0) is 19.6 Å². The van der Waals surface area contributed by atoms with Gasteiger partial charge in [-0.1, -0.05) is 20.8 Å². The summed E-state index contributed by atoms with van der Waals surface area (Å²) >= 11 is 0. The molecule has 0 aromatic carbocycles. The van der Waals surface area contributed by atoms with Gasteiger partial charge in [-0.2, -0.15) is 0 Å². The van der Waals surface area contributed by atoms with Gasteiger partial charge in [0.15, 0.2) is 0 Å². The molecule has 0 aliphatic carbocycles. The third-order valence-corrected chi connectivity index (χ3v) is 6.53. The number of piperidine rings is 1. The Kier molecular flexibility index (Phi) is 8.34. The normalized spacial score (nSPS) is 18.3. The Balaban J connectivity index is 2.73. The summed E-state index contributed by atoms with van der Waals surface area (Å²) in [5.74, 6) is -0.439. The van der Waals surface area contributed by atoms with Crippen LogP contribution in [0.4, 0.5) is 0 Å². The van der Waals surface area contributed by atoms with Crippen LogP contribution in [0.15, 0.2) is 0 Å². The third kappa shape index (κ3) is 6.93. The van der Waals surface area contributed by atoms with Crippen LogP contribution in [0.2, 0.25) is 0 Å². The van der Waals surface area contributed by atoms with Gasteiger partial charge in [-0.05, 0) is 38.0 Å². The van der Waals surface area contributed by atoms with Gasteiger partial charge >= 0.3 is 5.97 Å². The van der Waals surface area contributed by atoms with E-state index in [1.807, 2.05) is 6.92 Å². The van der Waals surface area contributed by atoms with E-state index in [2.05, 4.69) is 13.8 Å².